The van der Waals surface area contributed by atoms with Crippen molar-refractivity contribution >= 4 is 43.6 Å². The Morgan fingerprint density at radius 1 is 0.321 bits per heavy atom. The van der Waals surface area contributed by atoms with Gasteiger partial charge in [0.25, 0.3) is 0 Å². The number of benzene rings is 8. The Bertz CT molecular complexity index is 2950. The molecule has 0 radical (unpaired) electrons. The van der Waals surface area contributed by atoms with Crippen molar-refractivity contribution in [2.45, 2.75) is 37.5 Å². The summed E-state index contributed by atoms with van der Waals surface area (Å²) in [5, 5.41) is 5.18. The quantitative estimate of drug-likeness (QED) is 0.172. The number of rotatable bonds is 4. The topological polar surface area (TPSA) is 9.86 Å². The monoisotopic (exact) mass is 716 g/mol. The lowest BCUT2D eigenvalue weighted by Crippen LogP contribution is -2.28. The average molecular weight is 717 g/mol. The zero-order valence-corrected chi connectivity index (χ0v) is 31.3. The summed E-state index contributed by atoms with van der Waals surface area (Å²) in [7, 11) is 0. The second kappa shape index (κ2) is 12.2. The number of hydrogen-bond donors (Lipinski definition) is 0. The third-order valence-electron chi connectivity index (χ3n) is 13.1. The minimum atomic E-state index is 0.0375. The van der Waals surface area contributed by atoms with Crippen molar-refractivity contribution < 1.29 is 0 Å². The number of aromatic nitrogens is 2. The summed E-state index contributed by atoms with van der Waals surface area (Å²) < 4.78 is 4.81. The van der Waals surface area contributed by atoms with E-state index in [1.807, 2.05) is 0 Å². The lowest BCUT2D eigenvalue weighted by Gasteiger charge is -2.36. The maximum absolute atomic E-state index is 2.56. The number of hydrogen-bond acceptors (Lipinski definition) is 0. The fraction of sp³-hybridized carbons (Fsp3) is 0.111. The molecule has 266 valence electrons. The summed E-state index contributed by atoms with van der Waals surface area (Å²) in [6.07, 6.45) is 6.25. The largest absolute Gasteiger partial charge is 0.309 e. The van der Waals surface area contributed by atoms with Crippen LogP contribution in [0.1, 0.15) is 43.2 Å². The lowest BCUT2D eigenvalue weighted by atomic mass is 9.67. The van der Waals surface area contributed by atoms with Crippen molar-refractivity contribution in [1.29, 1.82) is 0 Å². The average Bonchev–Trinajstić information content (AvgIpc) is 3.87. The predicted molar refractivity (Wildman–Crippen MR) is 235 cm³/mol. The van der Waals surface area contributed by atoms with Gasteiger partial charge in [-0.2, -0.15) is 0 Å². The molecule has 2 aromatic heterocycles. The molecule has 2 heterocycles. The highest BCUT2D eigenvalue weighted by molar-refractivity contribution is 6.11. The standard InChI is InChI=1S/C54H40N2/c1-4-14-40(15-5-1)55-50-20-10-8-18-44(50)46-32-36(24-28-52(46)55)38-22-26-42-43-27-23-39(35-49(43)54(48(42)34-38)30-12-3-13-31-54)37-25-29-53-47(33-37)45-19-9-11-21-51(45)56(53)41-16-6-2-7-17-41/h1-2,4-11,14-29,32-35H,3,12-13,30-31H2. The van der Waals surface area contributed by atoms with Crippen LogP contribution in [0.5, 0.6) is 0 Å². The summed E-state index contributed by atoms with van der Waals surface area (Å²) >= 11 is 0. The Hall–Kier alpha value is -6.64. The van der Waals surface area contributed by atoms with Crippen LogP contribution >= 0.6 is 0 Å². The molecule has 2 heteroatoms. The Morgan fingerprint density at radius 3 is 1.20 bits per heavy atom. The Morgan fingerprint density at radius 2 is 0.714 bits per heavy atom. The molecule has 10 aromatic rings. The van der Waals surface area contributed by atoms with Crippen molar-refractivity contribution in [3.8, 4) is 44.8 Å². The Labute approximate surface area is 326 Å². The van der Waals surface area contributed by atoms with Crippen LogP contribution in [0.15, 0.2) is 182 Å². The van der Waals surface area contributed by atoms with Crippen LogP contribution in [0.2, 0.25) is 0 Å². The third-order valence-corrected chi connectivity index (χ3v) is 13.1. The summed E-state index contributed by atoms with van der Waals surface area (Å²) in [5.74, 6) is 0. The molecule has 2 aliphatic carbocycles. The molecule has 1 fully saturated rings. The first-order chi connectivity index (χ1) is 27.7. The van der Waals surface area contributed by atoms with E-state index >= 15 is 0 Å². The maximum Gasteiger partial charge on any atom is 0.0541 e. The van der Waals surface area contributed by atoms with E-state index in [2.05, 4.69) is 191 Å². The van der Waals surface area contributed by atoms with Crippen LogP contribution in [0.25, 0.3) is 88.4 Å². The lowest BCUT2D eigenvalue weighted by molar-refractivity contribution is 0.353. The molecule has 1 saturated carbocycles. The van der Waals surface area contributed by atoms with Gasteiger partial charge in [0.05, 0.1) is 22.1 Å². The van der Waals surface area contributed by atoms with Gasteiger partial charge >= 0.3 is 0 Å². The van der Waals surface area contributed by atoms with E-state index in [-0.39, 0.29) is 5.41 Å². The highest BCUT2D eigenvalue weighted by Gasteiger charge is 2.44. The number of nitrogens with zero attached hydrogens (tertiary/aromatic N) is 2. The van der Waals surface area contributed by atoms with E-state index in [0.717, 1.165) is 0 Å². The first-order valence-corrected chi connectivity index (χ1v) is 20.2. The molecule has 0 N–H and O–H groups in total. The van der Waals surface area contributed by atoms with Crippen molar-refractivity contribution in [2.24, 2.45) is 0 Å². The summed E-state index contributed by atoms with van der Waals surface area (Å²) in [5.41, 5.74) is 18.5. The SMILES string of the molecule is c1ccc(-n2c3ccccc3c3cc(-c4ccc5c(c4)C4(CCCCC4)c4cc(-c6ccc7c(c6)c6ccccc6n7-c6ccccc6)ccc4-5)ccc32)cc1. The van der Waals surface area contributed by atoms with E-state index in [4.69, 9.17) is 0 Å². The summed E-state index contributed by atoms with van der Waals surface area (Å²) in [6, 6.07) is 68.1. The van der Waals surface area contributed by atoms with Crippen molar-refractivity contribution in [1.82, 2.24) is 9.13 Å². The molecule has 0 atom stereocenters. The van der Waals surface area contributed by atoms with Gasteiger partial charge < -0.3 is 9.13 Å². The van der Waals surface area contributed by atoms with E-state index in [1.54, 1.807) is 0 Å². The molecule has 0 saturated heterocycles. The number of para-hydroxylation sites is 4. The van der Waals surface area contributed by atoms with Gasteiger partial charge in [0.1, 0.15) is 0 Å². The van der Waals surface area contributed by atoms with Crippen LogP contribution in [0.3, 0.4) is 0 Å². The van der Waals surface area contributed by atoms with Crippen LogP contribution in [-0.4, -0.2) is 9.13 Å². The molecule has 8 aromatic carbocycles. The molecule has 1 spiro atoms. The molecule has 0 aliphatic heterocycles. The normalized spacial score (nSPS) is 14.6. The molecule has 0 amide bonds. The van der Waals surface area contributed by atoms with E-state index in [0.29, 0.717) is 0 Å². The molecule has 12 rings (SSSR count). The Balaban J connectivity index is 0.980. The van der Waals surface area contributed by atoms with Gasteiger partial charge in [-0.25, -0.2) is 0 Å². The molecule has 0 bridgehead atoms. The first kappa shape index (κ1) is 31.7. The minimum Gasteiger partial charge on any atom is -0.309 e. The minimum absolute atomic E-state index is 0.0375. The van der Waals surface area contributed by atoms with Gasteiger partial charge in [0, 0.05) is 38.3 Å². The number of fused-ring (bicyclic) bond motifs is 11. The Kier molecular flexibility index (Phi) is 6.89. The fourth-order valence-corrected chi connectivity index (χ4v) is 10.6. The summed E-state index contributed by atoms with van der Waals surface area (Å²) in [4.78, 5) is 0. The molecule has 2 nitrogen and oxygen atoms in total. The zero-order valence-electron chi connectivity index (χ0n) is 31.3. The van der Waals surface area contributed by atoms with Crippen LogP contribution in [-0.2, 0) is 5.41 Å². The molecule has 56 heavy (non-hydrogen) atoms. The van der Waals surface area contributed by atoms with Gasteiger partial charge in [-0.1, -0.05) is 128 Å². The molecule has 0 unspecified atom stereocenters. The predicted octanol–water partition coefficient (Wildman–Crippen LogP) is 14.4. The third kappa shape index (κ3) is 4.56. The van der Waals surface area contributed by atoms with E-state index in [1.165, 1.54) is 132 Å². The first-order valence-electron chi connectivity index (χ1n) is 20.2. The van der Waals surface area contributed by atoms with Crippen LogP contribution in [0, 0.1) is 0 Å². The van der Waals surface area contributed by atoms with Crippen molar-refractivity contribution in [3.63, 3.8) is 0 Å². The van der Waals surface area contributed by atoms with Gasteiger partial charge in [-0.05, 0) is 130 Å². The van der Waals surface area contributed by atoms with E-state index in [9.17, 15) is 0 Å². The van der Waals surface area contributed by atoms with Crippen LogP contribution < -0.4 is 0 Å². The highest BCUT2D eigenvalue weighted by atomic mass is 15.0. The molecular formula is C54H40N2. The second-order valence-corrected chi connectivity index (χ2v) is 16.0. The van der Waals surface area contributed by atoms with Gasteiger partial charge in [-0.15, -0.1) is 0 Å². The summed E-state index contributed by atoms with van der Waals surface area (Å²) in [6.45, 7) is 0. The van der Waals surface area contributed by atoms with Crippen molar-refractivity contribution in [3.05, 3.63) is 193 Å². The van der Waals surface area contributed by atoms with Crippen molar-refractivity contribution in [2.75, 3.05) is 0 Å². The van der Waals surface area contributed by atoms with Gasteiger partial charge in [0.2, 0.25) is 0 Å². The van der Waals surface area contributed by atoms with Gasteiger partial charge in [0.15, 0.2) is 0 Å². The zero-order chi connectivity index (χ0) is 36.8. The second-order valence-electron chi connectivity index (χ2n) is 16.0. The molecular weight excluding hydrogens is 677 g/mol. The highest BCUT2D eigenvalue weighted by Crippen LogP contribution is 2.57. The molecule has 2 aliphatic rings. The van der Waals surface area contributed by atoms with E-state index < -0.39 is 0 Å². The maximum atomic E-state index is 2.56. The smallest absolute Gasteiger partial charge is 0.0541 e. The van der Waals surface area contributed by atoms with Crippen LogP contribution in [0.4, 0.5) is 0 Å². The fourth-order valence-electron chi connectivity index (χ4n) is 10.6. The van der Waals surface area contributed by atoms with Gasteiger partial charge in [-0.3, -0.25) is 0 Å².